The molecule has 1 fully saturated rings. The molecule has 0 saturated carbocycles. The van der Waals surface area contributed by atoms with Gasteiger partial charge in [-0.1, -0.05) is 66.0 Å². The number of esters is 2. The van der Waals surface area contributed by atoms with Crippen LogP contribution in [-0.4, -0.2) is 62.3 Å². The van der Waals surface area contributed by atoms with Crippen LogP contribution in [0.25, 0.3) is 0 Å². The molecule has 0 radical (unpaired) electrons. The first kappa shape index (κ1) is 35.6. The highest BCUT2D eigenvalue weighted by Gasteiger charge is 2.27. The summed E-state index contributed by atoms with van der Waals surface area (Å²) in [4.78, 5) is 34.5. The molecular formula is C36H39Cl2N3O6S. The van der Waals surface area contributed by atoms with Gasteiger partial charge in [0.15, 0.2) is 11.5 Å². The number of ether oxygens (including phenoxy) is 4. The standard InChI is InChI=1S/C36H39Cl2N3O6S/c1-41-16-8-7-11-25(41)22-46-36(43)34(23-9-5-4-6-10-23)40-19-26-13-15-33(48-26)35(42)47-31(18-27-28(37)20-39-21-29(27)38)24-12-14-30(44-2)32(17-24)45-3/h4-6,9-10,12-15,17,20-21,25,31,34,40H,7-8,11,16,18-19,22H2,1-3H3/t25-,31+,34?/m1/s1. The summed E-state index contributed by atoms with van der Waals surface area (Å²) in [5.74, 6) is 0.191. The van der Waals surface area contributed by atoms with Gasteiger partial charge >= 0.3 is 11.9 Å². The third kappa shape index (κ3) is 9.06. The Hall–Kier alpha value is -3.67. The van der Waals surface area contributed by atoms with Crippen LogP contribution in [0.3, 0.4) is 0 Å². The van der Waals surface area contributed by atoms with Gasteiger partial charge in [0.2, 0.25) is 0 Å². The molecule has 2 aromatic heterocycles. The number of likely N-dealkylation sites (N-methyl/N-ethyl adjacent to an activating group) is 1. The first-order valence-corrected chi connectivity index (χ1v) is 17.3. The zero-order valence-corrected chi connectivity index (χ0v) is 29.4. The van der Waals surface area contributed by atoms with Gasteiger partial charge in [0.25, 0.3) is 0 Å². The zero-order chi connectivity index (χ0) is 34.0. The fourth-order valence-corrected chi connectivity index (χ4v) is 7.03. The number of aromatic nitrogens is 1. The Kier molecular flexibility index (Phi) is 12.7. The highest BCUT2D eigenvalue weighted by Crippen LogP contribution is 2.36. The van der Waals surface area contributed by atoms with Crippen molar-refractivity contribution in [3.63, 3.8) is 0 Å². The minimum Gasteiger partial charge on any atom is -0.493 e. The van der Waals surface area contributed by atoms with Crippen molar-refractivity contribution >= 4 is 46.5 Å². The topological polar surface area (TPSA) is 99.2 Å². The average Bonchev–Trinajstić information content (AvgIpc) is 3.58. The van der Waals surface area contributed by atoms with Crippen LogP contribution in [0.2, 0.25) is 10.0 Å². The van der Waals surface area contributed by atoms with Crippen molar-refractivity contribution in [2.24, 2.45) is 0 Å². The molecule has 254 valence electrons. The van der Waals surface area contributed by atoms with E-state index in [1.165, 1.54) is 30.8 Å². The van der Waals surface area contributed by atoms with E-state index in [4.69, 9.17) is 42.1 Å². The third-order valence-electron chi connectivity index (χ3n) is 8.42. The van der Waals surface area contributed by atoms with E-state index in [1.807, 2.05) is 36.4 Å². The second-order valence-electron chi connectivity index (χ2n) is 11.5. The van der Waals surface area contributed by atoms with E-state index in [-0.39, 0.29) is 18.4 Å². The minimum absolute atomic E-state index is 0.207. The van der Waals surface area contributed by atoms with Crippen molar-refractivity contribution in [3.8, 4) is 11.5 Å². The van der Waals surface area contributed by atoms with Gasteiger partial charge in [0.1, 0.15) is 23.6 Å². The molecule has 0 aliphatic carbocycles. The molecule has 4 aromatic rings. The van der Waals surface area contributed by atoms with Crippen LogP contribution >= 0.6 is 34.5 Å². The molecule has 12 heteroatoms. The second-order valence-corrected chi connectivity index (χ2v) is 13.5. The number of hydrogen-bond donors (Lipinski definition) is 1. The van der Waals surface area contributed by atoms with E-state index in [2.05, 4.69) is 22.2 Å². The molecule has 0 amide bonds. The van der Waals surface area contributed by atoms with Crippen LogP contribution in [-0.2, 0) is 27.2 Å². The Labute approximate surface area is 295 Å². The van der Waals surface area contributed by atoms with Crippen molar-refractivity contribution in [2.75, 3.05) is 34.4 Å². The fourth-order valence-electron chi connectivity index (χ4n) is 5.67. The van der Waals surface area contributed by atoms with Gasteiger partial charge in [-0.15, -0.1) is 11.3 Å². The summed E-state index contributed by atoms with van der Waals surface area (Å²) in [5, 5.41) is 4.08. The highest BCUT2D eigenvalue weighted by molar-refractivity contribution is 7.13. The molecule has 3 atom stereocenters. The molecule has 48 heavy (non-hydrogen) atoms. The number of hydrogen-bond acceptors (Lipinski definition) is 10. The molecule has 1 saturated heterocycles. The van der Waals surface area contributed by atoms with Crippen molar-refractivity contribution in [3.05, 3.63) is 110 Å². The predicted octanol–water partition coefficient (Wildman–Crippen LogP) is 7.47. The maximum absolute atomic E-state index is 13.6. The van der Waals surface area contributed by atoms with E-state index in [1.54, 1.807) is 31.4 Å². The smallest absolute Gasteiger partial charge is 0.348 e. The highest BCUT2D eigenvalue weighted by atomic mass is 35.5. The Morgan fingerprint density at radius 3 is 2.44 bits per heavy atom. The molecular weight excluding hydrogens is 673 g/mol. The van der Waals surface area contributed by atoms with Gasteiger partial charge in [0.05, 0.1) is 24.3 Å². The first-order valence-electron chi connectivity index (χ1n) is 15.7. The summed E-state index contributed by atoms with van der Waals surface area (Å²) < 4.78 is 22.8. The predicted molar refractivity (Wildman–Crippen MR) is 187 cm³/mol. The SMILES string of the molecule is COc1ccc([C@H](Cc2c(Cl)cncc2Cl)OC(=O)c2ccc(CNC(C(=O)OC[C@H]3CCCCN3C)c3ccccc3)s2)cc1OC. The fraction of sp³-hybridized carbons (Fsp3) is 0.361. The number of benzene rings is 2. The number of halogens is 2. The quantitative estimate of drug-likeness (QED) is 0.134. The van der Waals surface area contributed by atoms with Crippen LogP contribution in [0.5, 0.6) is 11.5 Å². The number of carbonyl (C=O) groups is 2. The summed E-state index contributed by atoms with van der Waals surface area (Å²) in [7, 11) is 5.16. The zero-order valence-electron chi connectivity index (χ0n) is 27.1. The lowest BCUT2D eigenvalue weighted by molar-refractivity contribution is -0.148. The lowest BCUT2D eigenvalue weighted by Gasteiger charge is -2.32. The number of nitrogens with one attached hydrogen (secondary N) is 1. The maximum atomic E-state index is 13.6. The first-order chi connectivity index (χ1) is 23.3. The normalized spacial score (nSPS) is 16.1. The molecule has 1 N–H and O–H groups in total. The summed E-state index contributed by atoms with van der Waals surface area (Å²) in [6, 6.07) is 17.9. The lowest BCUT2D eigenvalue weighted by Crippen LogP contribution is -2.41. The number of likely N-dealkylation sites (tertiary alicyclic amines) is 1. The van der Waals surface area contributed by atoms with E-state index in [0.29, 0.717) is 50.7 Å². The molecule has 3 heterocycles. The number of carbonyl (C=O) groups excluding carboxylic acids is 2. The number of pyridine rings is 1. The van der Waals surface area contributed by atoms with E-state index in [9.17, 15) is 9.59 Å². The molecule has 1 unspecified atom stereocenters. The number of nitrogens with zero attached hydrogens (tertiary/aromatic N) is 2. The summed E-state index contributed by atoms with van der Waals surface area (Å²) in [6.45, 7) is 1.70. The van der Waals surface area contributed by atoms with Gasteiger partial charge < -0.3 is 23.8 Å². The Morgan fingerprint density at radius 2 is 1.73 bits per heavy atom. The molecule has 9 nitrogen and oxygen atoms in total. The maximum Gasteiger partial charge on any atom is 0.348 e. The summed E-state index contributed by atoms with van der Waals surface area (Å²) >= 11 is 14.2. The largest absolute Gasteiger partial charge is 0.493 e. The van der Waals surface area contributed by atoms with Gasteiger partial charge in [-0.2, -0.15) is 0 Å². The van der Waals surface area contributed by atoms with Crippen LogP contribution in [0.4, 0.5) is 0 Å². The molecule has 0 spiro atoms. The Morgan fingerprint density at radius 1 is 0.979 bits per heavy atom. The van der Waals surface area contributed by atoms with Crippen LogP contribution in [0.1, 0.15) is 62.6 Å². The van der Waals surface area contributed by atoms with Gasteiger partial charge in [-0.05, 0) is 67.4 Å². The van der Waals surface area contributed by atoms with Crippen LogP contribution in [0, 0.1) is 0 Å². The number of piperidine rings is 1. The van der Waals surface area contributed by atoms with Crippen molar-refractivity contribution < 1.29 is 28.5 Å². The van der Waals surface area contributed by atoms with Crippen LogP contribution in [0.15, 0.2) is 73.1 Å². The third-order valence-corrected chi connectivity index (χ3v) is 10.1. The number of methoxy groups -OCH3 is 2. The summed E-state index contributed by atoms with van der Waals surface area (Å²) in [6.07, 6.45) is 5.77. The van der Waals surface area contributed by atoms with Crippen molar-refractivity contribution in [1.29, 1.82) is 0 Å². The summed E-state index contributed by atoms with van der Waals surface area (Å²) in [5.41, 5.74) is 2.08. The molecule has 1 aliphatic heterocycles. The van der Waals surface area contributed by atoms with Gasteiger partial charge in [-0.25, -0.2) is 9.59 Å². The van der Waals surface area contributed by atoms with Crippen molar-refractivity contribution in [2.45, 2.75) is 50.4 Å². The van der Waals surface area contributed by atoms with E-state index < -0.39 is 18.1 Å². The number of rotatable bonds is 14. The molecule has 5 rings (SSSR count). The lowest BCUT2D eigenvalue weighted by atomic mass is 10.0. The minimum atomic E-state index is -0.751. The van der Waals surface area contributed by atoms with E-state index >= 15 is 0 Å². The number of thiophene rings is 1. The van der Waals surface area contributed by atoms with Gasteiger partial charge in [0, 0.05) is 36.3 Å². The average molecular weight is 713 g/mol. The molecule has 0 bridgehead atoms. The Bertz CT molecular complexity index is 1670. The molecule has 1 aliphatic rings. The molecule has 2 aromatic carbocycles. The van der Waals surface area contributed by atoms with E-state index in [0.717, 1.165) is 36.2 Å². The monoisotopic (exact) mass is 711 g/mol. The van der Waals surface area contributed by atoms with Crippen molar-refractivity contribution in [1.82, 2.24) is 15.2 Å². The van der Waals surface area contributed by atoms with Gasteiger partial charge in [-0.3, -0.25) is 10.3 Å². The second kappa shape index (κ2) is 17.1. The Balaban J connectivity index is 1.29. The van der Waals surface area contributed by atoms with Crippen LogP contribution < -0.4 is 14.8 Å².